The van der Waals surface area contributed by atoms with Crippen molar-refractivity contribution in [2.45, 2.75) is 56.9 Å². The van der Waals surface area contributed by atoms with Crippen molar-refractivity contribution < 1.29 is 4.79 Å². The van der Waals surface area contributed by atoms with E-state index in [-0.39, 0.29) is 0 Å². The normalized spacial score (nSPS) is 20.7. The molecular formula is C26H27ClN2O. The Morgan fingerprint density at radius 2 is 1.83 bits per heavy atom. The maximum Gasteiger partial charge on any atom is 0.141 e. The van der Waals surface area contributed by atoms with E-state index < -0.39 is 5.54 Å². The quantitative estimate of drug-likeness (QED) is 0.450. The molecule has 0 saturated heterocycles. The number of fused-ring (bicyclic) bond motifs is 3. The number of rotatable bonds is 6. The SMILES string of the molecule is O=C(CCC1(c2ccc(Cl)cc2)c2ccccc2-c2nccn21)CC1CCCCC1. The number of hydrogen-bond acceptors (Lipinski definition) is 2. The Balaban J connectivity index is 1.51. The van der Waals surface area contributed by atoms with E-state index in [1.54, 1.807) is 0 Å². The molecule has 2 aromatic carbocycles. The zero-order valence-electron chi connectivity index (χ0n) is 17.2. The third-order valence-corrected chi connectivity index (χ3v) is 7.25. The maximum absolute atomic E-state index is 13.0. The predicted octanol–water partition coefficient (Wildman–Crippen LogP) is 6.63. The highest BCUT2D eigenvalue weighted by Crippen LogP contribution is 2.49. The number of imidazole rings is 1. The monoisotopic (exact) mass is 418 g/mol. The molecule has 0 spiro atoms. The summed E-state index contributed by atoms with van der Waals surface area (Å²) in [5.74, 6) is 1.94. The van der Waals surface area contributed by atoms with Gasteiger partial charge >= 0.3 is 0 Å². The van der Waals surface area contributed by atoms with Crippen LogP contribution < -0.4 is 0 Å². The first-order valence-electron chi connectivity index (χ1n) is 11.1. The van der Waals surface area contributed by atoms with Crippen LogP contribution in [0, 0.1) is 5.92 Å². The molecule has 4 heteroatoms. The summed E-state index contributed by atoms with van der Waals surface area (Å²) in [6.45, 7) is 0. The van der Waals surface area contributed by atoms with Gasteiger partial charge in [0.1, 0.15) is 11.6 Å². The number of nitrogens with zero attached hydrogens (tertiary/aromatic N) is 2. The molecule has 0 radical (unpaired) electrons. The second-order valence-corrected chi connectivity index (χ2v) is 9.22. The van der Waals surface area contributed by atoms with Gasteiger partial charge in [-0.3, -0.25) is 4.79 Å². The van der Waals surface area contributed by atoms with Gasteiger partial charge in [-0.25, -0.2) is 4.98 Å². The van der Waals surface area contributed by atoms with Gasteiger partial charge in [-0.1, -0.05) is 80.1 Å². The zero-order chi connectivity index (χ0) is 20.6. The summed E-state index contributed by atoms with van der Waals surface area (Å²) >= 11 is 6.21. The summed E-state index contributed by atoms with van der Waals surface area (Å²) in [5.41, 5.74) is 3.11. The molecule has 30 heavy (non-hydrogen) atoms. The summed E-state index contributed by atoms with van der Waals surface area (Å²) < 4.78 is 2.26. The zero-order valence-corrected chi connectivity index (χ0v) is 17.9. The van der Waals surface area contributed by atoms with Gasteiger partial charge in [0.15, 0.2) is 0 Å². The van der Waals surface area contributed by atoms with Gasteiger partial charge < -0.3 is 4.57 Å². The van der Waals surface area contributed by atoms with Crippen LogP contribution in [0.4, 0.5) is 0 Å². The van der Waals surface area contributed by atoms with E-state index in [2.05, 4.69) is 52.1 Å². The van der Waals surface area contributed by atoms with E-state index >= 15 is 0 Å². The minimum Gasteiger partial charge on any atom is -0.317 e. The van der Waals surface area contributed by atoms with Gasteiger partial charge in [0.2, 0.25) is 0 Å². The van der Waals surface area contributed by atoms with Crippen molar-refractivity contribution in [1.82, 2.24) is 9.55 Å². The van der Waals surface area contributed by atoms with Gasteiger partial charge in [-0.15, -0.1) is 0 Å². The summed E-state index contributed by atoms with van der Waals surface area (Å²) in [7, 11) is 0. The highest BCUT2D eigenvalue weighted by Gasteiger charge is 2.44. The lowest BCUT2D eigenvalue weighted by atomic mass is 9.78. The average molecular weight is 419 g/mol. The lowest BCUT2D eigenvalue weighted by Gasteiger charge is -2.34. The molecule has 0 N–H and O–H groups in total. The second kappa shape index (κ2) is 8.03. The van der Waals surface area contributed by atoms with Crippen LogP contribution >= 0.6 is 11.6 Å². The third-order valence-electron chi connectivity index (χ3n) is 6.99. The number of hydrogen-bond donors (Lipinski definition) is 0. The lowest BCUT2D eigenvalue weighted by Crippen LogP contribution is -2.34. The van der Waals surface area contributed by atoms with Gasteiger partial charge in [0.05, 0.1) is 5.54 Å². The van der Waals surface area contributed by atoms with Crippen molar-refractivity contribution in [3.05, 3.63) is 77.1 Å². The van der Waals surface area contributed by atoms with E-state index in [1.165, 1.54) is 37.7 Å². The molecule has 1 fully saturated rings. The van der Waals surface area contributed by atoms with E-state index in [4.69, 9.17) is 11.6 Å². The summed E-state index contributed by atoms with van der Waals surface area (Å²) in [5, 5.41) is 0.722. The number of Topliss-reactive ketones (excluding diaryl/α,β-unsaturated/α-hetero) is 1. The smallest absolute Gasteiger partial charge is 0.141 e. The summed E-state index contributed by atoms with van der Waals surface area (Å²) in [4.78, 5) is 17.7. The highest BCUT2D eigenvalue weighted by molar-refractivity contribution is 6.30. The first kappa shape index (κ1) is 19.6. The molecule has 2 aliphatic rings. The van der Waals surface area contributed by atoms with Crippen molar-refractivity contribution in [2.24, 2.45) is 5.92 Å². The Bertz CT molecular complexity index is 1050. The van der Waals surface area contributed by atoms with Crippen LogP contribution in [-0.2, 0) is 10.3 Å². The molecule has 0 bridgehead atoms. The number of benzene rings is 2. The van der Waals surface area contributed by atoms with E-state index in [0.717, 1.165) is 34.8 Å². The van der Waals surface area contributed by atoms with Crippen LogP contribution in [0.5, 0.6) is 0 Å². The van der Waals surface area contributed by atoms with Crippen LogP contribution in [0.25, 0.3) is 11.4 Å². The minimum absolute atomic E-state index is 0.390. The maximum atomic E-state index is 13.0. The molecule has 3 nitrogen and oxygen atoms in total. The van der Waals surface area contributed by atoms with Crippen molar-refractivity contribution >= 4 is 17.4 Å². The van der Waals surface area contributed by atoms with Crippen LogP contribution in [0.2, 0.25) is 5.02 Å². The molecule has 2 heterocycles. The molecule has 154 valence electrons. The standard InChI is InChI=1S/C26H27ClN2O/c27-21-12-10-20(11-13-21)26(15-14-22(30)18-19-6-2-1-3-7-19)24-9-5-4-8-23(24)25-28-16-17-29(25)26/h4-5,8-13,16-17,19H,1-3,6-7,14-15,18H2. The number of carbonyl (C=O) groups is 1. The number of carbonyl (C=O) groups excluding carboxylic acids is 1. The predicted molar refractivity (Wildman–Crippen MR) is 121 cm³/mol. The Morgan fingerprint density at radius 3 is 2.63 bits per heavy atom. The molecular weight excluding hydrogens is 392 g/mol. The number of ketones is 1. The number of aromatic nitrogens is 2. The second-order valence-electron chi connectivity index (χ2n) is 8.78. The van der Waals surface area contributed by atoms with Crippen molar-refractivity contribution in [3.8, 4) is 11.4 Å². The van der Waals surface area contributed by atoms with Crippen LogP contribution in [0.1, 0.15) is 62.5 Å². The molecule has 1 unspecified atom stereocenters. The topological polar surface area (TPSA) is 34.9 Å². The Morgan fingerprint density at radius 1 is 1.07 bits per heavy atom. The first-order chi connectivity index (χ1) is 14.7. The van der Waals surface area contributed by atoms with Gasteiger partial charge in [0.25, 0.3) is 0 Å². The average Bonchev–Trinajstić information content (AvgIpc) is 3.35. The Hall–Kier alpha value is -2.39. The van der Waals surface area contributed by atoms with E-state index in [0.29, 0.717) is 18.1 Å². The number of halogens is 1. The highest BCUT2D eigenvalue weighted by atomic mass is 35.5. The molecule has 1 atom stereocenters. The Kier molecular flexibility index (Phi) is 5.24. The first-order valence-corrected chi connectivity index (χ1v) is 11.5. The molecule has 0 amide bonds. The molecule has 5 rings (SSSR count). The molecule has 3 aromatic rings. The summed E-state index contributed by atoms with van der Waals surface area (Å²) in [6, 6.07) is 16.5. The van der Waals surface area contributed by atoms with Crippen molar-refractivity contribution in [3.63, 3.8) is 0 Å². The van der Waals surface area contributed by atoms with Gasteiger partial charge in [-0.05, 0) is 35.6 Å². The minimum atomic E-state index is -0.421. The van der Waals surface area contributed by atoms with Gasteiger partial charge in [-0.2, -0.15) is 0 Å². The van der Waals surface area contributed by atoms with E-state index in [9.17, 15) is 4.79 Å². The largest absolute Gasteiger partial charge is 0.317 e. The van der Waals surface area contributed by atoms with E-state index in [1.807, 2.05) is 18.3 Å². The lowest BCUT2D eigenvalue weighted by molar-refractivity contribution is -0.120. The fourth-order valence-electron chi connectivity index (χ4n) is 5.53. The molecule has 1 aliphatic carbocycles. The third kappa shape index (κ3) is 3.30. The van der Waals surface area contributed by atoms with Crippen LogP contribution in [-0.4, -0.2) is 15.3 Å². The van der Waals surface area contributed by atoms with Crippen LogP contribution in [0.15, 0.2) is 60.9 Å². The van der Waals surface area contributed by atoms with Gasteiger partial charge in [0, 0.05) is 35.8 Å². The molecule has 1 saturated carbocycles. The molecule has 1 aromatic heterocycles. The summed E-state index contributed by atoms with van der Waals surface area (Å²) in [6.07, 6.45) is 12.3. The van der Waals surface area contributed by atoms with Crippen LogP contribution in [0.3, 0.4) is 0 Å². The van der Waals surface area contributed by atoms with Crippen molar-refractivity contribution in [1.29, 1.82) is 0 Å². The van der Waals surface area contributed by atoms with Crippen molar-refractivity contribution in [2.75, 3.05) is 0 Å². The molecule has 1 aliphatic heterocycles. The fraction of sp³-hybridized carbons (Fsp3) is 0.385. The fourth-order valence-corrected chi connectivity index (χ4v) is 5.66. The Labute approximate surface area is 183 Å².